The smallest absolute Gasteiger partial charge is 0.227 e. The van der Waals surface area contributed by atoms with Gasteiger partial charge in [0.15, 0.2) is 9.84 Å². The van der Waals surface area contributed by atoms with Gasteiger partial charge in [0.1, 0.15) is 0 Å². The van der Waals surface area contributed by atoms with E-state index in [1.165, 1.54) is 10.3 Å². The number of anilines is 1. The number of amides is 1. The zero-order chi connectivity index (χ0) is 17.9. The first kappa shape index (κ1) is 17.7. The van der Waals surface area contributed by atoms with E-state index in [0.29, 0.717) is 23.6 Å². The normalized spacial score (nSPS) is 18.2. The number of sulfone groups is 1. The van der Waals surface area contributed by atoms with Crippen molar-refractivity contribution >= 4 is 33.0 Å². The molecule has 25 heavy (non-hydrogen) atoms. The molecule has 0 fully saturated rings. The van der Waals surface area contributed by atoms with Crippen molar-refractivity contribution in [3.8, 4) is 0 Å². The maximum Gasteiger partial charge on any atom is 0.227 e. The van der Waals surface area contributed by atoms with Gasteiger partial charge in [-0.15, -0.1) is 0 Å². The van der Waals surface area contributed by atoms with E-state index in [0.717, 1.165) is 5.56 Å². The van der Waals surface area contributed by atoms with Crippen LogP contribution in [-0.4, -0.2) is 26.1 Å². The first-order valence-electron chi connectivity index (χ1n) is 7.97. The number of rotatable bonds is 5. The van der Waals surface area contributed by atoms with Crippen LogP contribution in [0.15, 0.2) is 66.1 Å². The summed E-state index contributed by atoms with van der Waals surface area (Å²) in [5.41, 5.74) is 1.67. The first-order chi connectivity index (χ1) is 11.9. The molecule has 1 atom stereocenters. The molecule has 0 aromatic heterocycles. The molecule has 2 aromatic carbocycles. The summed E-state index contributed by atoms with van der Waals surface area (Å²) in [6, 6.07) is 16.1. The summed E-state index contributed by atoms with van der Waals surface area (Å²) in [6.07, 6.45) is 2.46. The predicted octanol–water partition coefficient (Wildman–Crippen LogP) is 3.62. The maximum atomic E-state index is 12.9. The molecule has 2 aromatic rings. The van der Waals surface area contributed by atoms with E-state index in [1.54, 1.807) is 30.3 Å². The van der Waals surface area contributed by atoms with Crippen molar-refractivity contribution in [3.63, 3.8) is 0 Å². The molecule has 0 bridgehead atoms. The second-order valence-corrected chi connectivity index (χ2v) is 8.32. The van der Waals surface area contributed by atoms with Crippen LogP contribution in [0.2, 0.25) is 5.02 Å². The van der Waals surface area contributed by atoms with Gasteiger partial charge in [0.2, 0.25) is 5.91 Å². The predicted molar refractivity (Wildman–Crippen MR) is 100 cm³/mol. The summed E-state index contributed by atoms with van der Waals surface area (Å²) in [6.45, 7) is 0. The summed E-state index contributed by atoms with van der Waals surface area (Å²) in [5.74, 6) is -0.228. The quantitative estimate of drug-likeness (QED) is 0.802. The largest absolute Gasteiger partial charge is 0.304 e. The third-order valence-corrected chi connectivity index (χ3v) is 5.68. The van der Waals surface area contributed by atoms with Crippen molar-refractivity contribution in [3.05, 3.63) is 76.7 Å². The highest BCUT2D eigenvalue weighted by atomic mass is 35.5. The lowest BCUT2D eigenvalue weighted by molar-refractivity contribution is -0.118. The second kappa shape index (κ2) is 7.42. The van der Waals surface area contributed by atoms with Crippen LogP contribution in [0.1, 0.15) is 12.0 Å². The fourth-order valence-electron chi connectivity index (χ4n) is 2.88. The Balaban J connectivity index is 1.83. The number of halogens is 1. The van der Waals surface area contributed by atoms with Gasteiger partial charge in [0.05, 0.1) is 11.8 Å². The van der Waals surface area contributed by atoms with Crippen molar-refractivity contribution in [2.24, 2.45) is 0 Å². The molecule has 0 saturated carbocycles. The van der Waals surface area contributed by atoms with Crippen molar-refractivity contribution < 1.29 is 13.2 Å². The Morgan fingerprint density at radius 2 is 1.88 bits per heavy atom. The minimum Gasteiger partial charge on any atom is -0.304 e. The molecule has 1 heterocycles. The van der Waals surface area contributed by atoms with Gasteiger partial charge in [-0.2, -0.15) is 0 Å². The molecule has 0 N–H and O–H groups in total. The van der Waals surface area contributed by atoms with Gasteiger partial charge in [-0.3, -0.25) is 4.79 Å². The summed E-state index contributed by atoms with van der Waals surface area (Å²) < 4.78 is 23.6. The van der Waals surface area contributed by atoms with Gasteiger partial charge >= 0.3 is 0 Å². The van der Waals surface area contributed by atoms with E-state index < -0.39 is 15.9 Å². The van der Waals surface area contributed by atoms with Crippen molar-refractivity contribution in [1.29, 1.82) is 0 Å². The van der Waals surface area contributed by atoms with Gasteiger partial charge in [-0.1, -0.05) is 48.0 Å². The highest BCUT2D eigenvalue weighted by Gasteiger charge is 2.31. The summed E-state index contributed by atoms with van der Waals surface area (Å²) >= 11 is 6.06. The minimum atomic E-state index is -3.27. The Bertz CT molecular complexity index is 894. The SMILES string of the molecule is O=C(CCc1ccccc1)N(c1cccc(Cl)c1)[C@@H]1C=CS(=O)(=O)C1. The molecule has 6 heteroatoms. The molecule has 1 aliphatic rings. The molecule has 0 unspecified atom stereocenters. The van der Waals surface area contributed by atoms with E-state index in [-0.39, 0.29) is 11.7 Å². The van der Waals surface area contributed by atoms with Crippen LogP contribution in [0.5, 0.6) is 0 Å². The number of aryl methyl sites for hydroxylation is 1. The molecule has 1 amide bonds. The van der Waals surface area contributed by atoms with Crippen LogP contribution < -0.4 is 4.90 Å². The van der Waals surface area contributed by atoms with E-state index in [9.17, 15) is 13.2 Å². The Morgan fingerprint density at radius 1 is 1.12 bits per heavy atom. The standard InChI is InChI=1S/C19H18ClNO3S/c20-16-7-4-8-17(13-16)21(18-11-12-25(23,24)14-18)19(22)10-9-15-5-2-1-3-6-15/h1-8,11-13,18H,9-10,14H2/t18-/m1/s1. The Morgan fingerprint density at radius 3 is 2.52 bits per heavy atom. The zero-order valence-corrected chi connectivity index (χ0v) is 15.1. The van der Waals surface area contributed by atoms with Crippen molar-refractivity contribution in [2.45, 2.75) is 18.9 Å². The van der Waals surface area contributed by atoms with E-state index >= 15 is 0 Å². The topological polar surface area (TPSA) is 54.5 Å². The third kappa shape index (κ3) is 4.50. The van der Waals surface area contributed by atoms with E-state index in [4.69, 9.17) is 11.6 Å². The molecular formula is C19H18ClNO3S. The van der Waals surface area contributed by atoms with E-state index in [2.05, 4.69) is 0 Å². The van der Waals surface area contributed by atoms with Crippen LogP contribution in [0.4, 0.5) is 5.69 Å². The van der Waals surface area contributed by atoms with Crippen molar-refractivity contribution in [2.75, 3.05) is 10.7 Å². The number of hydrogen-bond donors (Lipinski definition) is 0. The van der Waals surface area contributed by atoms with E-state index in [1.807, 2.05) is 30.3 Å². The van der Waals surface area contributed by atoms with Crippen LogP contribution in [0.25, 0.3) is 0 Å². The van der Waals surface area contributed by atoms with Gasteiger partial charge in [-0.25, -0.2) is 8.42 Å². The average Bonchev–Trinajstić information content (AvgIpc) is 2.94. The molecule has 3 rings (SSSR count). The number of benzene rings is 2. The van der Waals surface area contributed by atoms with Crippen LogP contribution in [0.3, 0.4) is 0 Å². The zero-order valence-electron chi connectivity index (χ0n) is 13.5. The number of nitrogens with zero attached hydrogens (tertiary/aromatic N) is 1. The molecular weight excluding hydrogens is 358 g/mol. The second-order valence-electron chi connectivity index (χ2n) is 5.95. The summed E-state index contributed by atoms with van der Waals surface area (Å²) in [4.78, 5) is 14.4. The fraction of sp³-hybridized carbons (Fsp3) is 0.211. The molecule has 4 nitrogen and oxygen atoms in total. The lowest BCUT2D eigenvalue weighted by Gasteiger charge is -2.28. The Hall–Kier alpha value is -2.11. The minimum absolute atomic E-state index is 0.101. The Labute approximate surface area is 152 Å². The third-order valence-electron chi connectivity index (χ3n) is 4.07. The van der Waals surface area contributed by atoms with Gasteiger partial charge in [0.25, 0.3) is 0 Å². The molecule has 0 aliphatic carbocycles. The molecule has 0 radical (unpaired) electrons. The number of carbonyl (C=O) groups excluding carboxylic acids is 1. The van der Waals surface area contributed by atoms with Crippen LogP contribution >= 0.6 is 11.6 Å². The summed E-state index contributed by atoms with van der Waals surface area (Å²) in [7, 11) is -3.27. The average molecular weight is 376 g/mol. The lowest BCUT2D eigenvalue weighted by atomic mass is 10.1. The first-order valence-corrected chi connectivity index (χ1v) is 10.1. The van der Waals surface area contributed by atoms with Gasteiger partial charge in [-0.05, 0) is 36.3 Å². The highest BCUT2D eigenvalue weighted by molar-refractivity contribution is 7.94. The van der Waals surface area contributed by atoms with Crippen LogP contribution in [0, 0.1) is 0 Å². The maximum absolute atomic E-state index is 12.9. The Kier molecular flexibility index (Phi) is 5.25. The van der Waals surface area contributed by atoms with Gasteiger partial charge < -0.3 is 4.90 Å². The van der Waals surface area contributed by atoms with Crippen LogP contribution in [-0.2, 0) is 21.1 Å². The molecule has 130 valence electrons. The molecule has 0 saturated heterocycles. The lowest BCUT2D eigenvalue weighted by Crippen LogP contribution is -2.41. The van der Waals surface area contributed by atoms with Gasteiger partial charge in [0, 0.05) is 22.5 Å². The fourth-order valence-corrected chi connectivity index (χ4v) is 4.34. The molecule has 0 spiro atoms. The number of carbonyl (C=O) groups is 1. The monoisotopic (exact) mass is 375 g/mol. The molecule has 1 aliphatic heterocycles. The highest BCUT2D eigenvalue weighted by Crippen LogP contribution is 2.26. The number of hydrogen-bond acceptors (Lipinski definition) is 3. The van der Waals surface area contributed by atoms with Crippen molar-refractivity contribution in [1.82, 2.24) is 0 Å². The summed E-state index contributed by atoms with van der Waals surface area (Å²) in [5, 5.41) is 1.68.